The van der Waals surface area contributed by atoms with Gasteiger partial charge in [0, 0.05) is 16.2 Å². The van der Waals surface area contributed by atoms with Gasteiger partial charge in [-0.05, 0) is 105 Å². The van der Waals surface area contributed by atoms with Crippen LogP contribution in [0.25, 0.3) is 120 Å². The second-order valence-electron chi connectivity index (χ2n) is 14.5. The van der Waals surface area contributed by atoms with Gasteiger partial charge in [0.25, 0.3) is 0 Å². The van der Waals surface area contributed by atoms with Crippen LogP contribution in [0.1, 0.15) is 11.0 Å². The zero-order chi connectivity index (χ0) is 44.4. The topological polar surface area (TPSA) is 13.1 Å². The summed E-state index contributed by atoms with van der Waals surface area (Å²) in [6, 6.07) is 48.9. The van der Waals surface area contributed by atoms with Gasteiger partial charge in [0.05, 0.1) is 11.0 Å². The summed E-state index contributed by atoms with van der Waals surface area (Å²) in [4.78, 5) is 0. The van der Waals surface area contributed by atoms with E-state index in [2.05, 4.69) is 48.5 Å². The van der Waals surface area contributed by atoms with Gasteiger partial charge in [-0.2, -0.15) is 0 Å². The van der Waals surface area contributed by atoms with Crippen molar-refractivity contribution in [3.63, 3.8) is 0 Å². The van der Waals surface area contributed by atoms with Gasteiger partial charge in [0.1, 0.15) is 11.2 Å². The Morgan fingerprint density at radius 1 is 0.298 bits per heavy atom. The maximum absolute atomic E-state index is 9.76. The van der Waals surface area contributed by atoms with Crippen molar-refractivity contribution in [1.29, 1.82) is 0 Å². The average molecular weight is 731 g/mol. The molecular formula is C56H34O. The molecule has 0 atom stereocenters. The minimum Gasteiger partial charge on any atom is -0.455 e. The first-order valence-corrected chi connectivity index (χ1v) is 19.0. The molecule has 1 heterocycles. The maximum Gasteiger partial charge on any atom is 0.143 e. The molecule has 1 heteroatoms. The van der Waals surface area contributed by atoms with Crippen molar-refractivity contribution in [3.05, 3.63) is 206 Å². The van der Waals surface area contributed by atoms with Gasteiger partial charge in [-0.3, -0.25) is 0 Å². The molecule has 0 fully saturated rings. The molecule has 12 rings (SSSR count). The van der Waals surface area contributed by atoms with E-state index in [0.717, 1.165) is 60.0 Å². The van der Waals surface area contributed by atoms with E-state index in [1.807, 2.05) is 109 Å². The Morgan fingerprint density at radius 2 is 0.772 bits per heavy atom. The molecule has 0 saturated heterocycles. The predicted octanol–water partition coefficient (Wildman–Crippen LogP) is 16.0. The van der Waals surface area contributed by atoms with E-state index in [4.69, 9.17) is 9.90 Å². The molecule has 12 aromatic rings. The van der Waals surface area contributed by atoms with Crippen LogP contribution in [0.3, 0.4) is 0 Å². The molecule has 0 unspecified atom stereocenters. The van der Waals surface area contributed by atoms with E-state index >= 15 is 0 Å². The van der Waals surface area contributed by atoms with Crippen LogP contribution in [-0.2, 0) is 0 Å². The summed E-state index contributed by atoms with van der Waals surface area (Å²) < 4.78 is 81.9. The molecule has 0 aliphatic heterocycles. The lowest BCUT2D eigenvalue weighted by molar-refractivity contribution is 0.672. The van der Waals surface area contributed by atoms with Crippen molar-refractivity contribution in [3.8, 4) is 44.5 Å². The molecule has 0 spiro atoms. The molecule has 11 aromatic carbocycles. The first-order valence-electron chi connectivity index (χ1n) is 23.0. The van der Waals surface area contributed by atoms with Crippen molar-refractivity contribution in [1.82, 2.24) is 0 Å². The van der Waals surface area contributed by atoms with Crippen LogP contribution in [0.4, 0.5) is 0 Å². The van der Waals surface area contributed by atoms with Crippen LogP contribution in [0, 0.1) is 0 Å². The van der Waals surface area contributed by atoms with Gasteiger partial charge in [-0.1, -0.05) is 194 Å². The Kier molecular flexibility index (Phi) is 5.46. The van der Waals surface area contributed by atoms with Crippen LogP contribution in [0.2, 0.25) is 0 Å². The Morgan fingerprint density at radius 3 is 1.47 bits per heavy atom. The van der Waals surface area contributed by atoms with Crippen molar-refractivity contribution >= 4 is 75.8 Å². The van der Waals surface area contributed by atoms with Crippen LogP contribution < -0.4 is 0 Å². The summed E-state index contributed by atoms with van der Waals surface area (Å²) in [7, 11) is 0. The minimum atomic E-state index is -0.448. The highest BCUT2D eigenvalue weighted by atomic mass is 16.3. The SMILES string of the molecule is [2H]c1c([2H])c([2H])c2c(-c3cc4c5ccccc5oc4c4ccccc34)c3c([2H])c([2H])c([2H])c([2H])c3c(-c3ccccc3-c3ccccc3-c3cccc4c3ccc3ccccc34)c2c1[2H]. The fourth-order valence-corrected chi connectivity index (χ4v) is 9.08. The van der Waals surface area contributed by atoms with E-state index in [0.29, 0.717) is 38.8 Å². The van der Waals surface area contributed by atoms with Crippen molar-refractivity contribution in [2.24, 2.45) is 0 Å². The smallest absolute Gasteiger partial charge is 0.143 e. The Labute approximate surface area is 340 Å². The maximum atomic E-state index is 9.76. The molecule has 0 bridgehead atoms. The Bertz CT molecular complexity index is 3980. The zero-order valence-corrected chi connectivity index (χ0v) is 30.4. The van der Waals surface area contributed by atoms with Crippen molar-refractivity contribution in [2.75, 3.05) is 0 Å². The summed E-state index contributed by atoms with van der Waals surface area (Å²) in [6.07, 6.45) is 0. The summed E-state index contributed by atoms with van der Waals surface area (Å²) in [5, 5.41) is 8.15. The number of furan rings is 1. The lowest BCUT2D eigenvalue weighted by Crippen LogP contribution is -1.94. The van der Waals surface area contributed by atoms with Crippen LogP contribution in [-0.4, -0.2) is 0 Å². The van der Waals surface area contributed by atoms with Gasteiger partial charge in [0.15, 0.2) is 0 Å². The predicted molar refractivity (Wildman–Crippen MR) is 243 cm³/mol. The number of para-hydroxylation sites is 1. The minimum absolute atomic E-state index is 0.157. The van der Waals surface area contributed by atoms with Crippen LogP contribution in [0.15, 0.2) is 210 Å². The molecule has 57 heavy (non-hydrogen) atoms. The zero-order valence-electron chi connectivity index (χ0n) is 38.4. The first kappa shape index (κ1) is 24.8. The van der Waals surface area contributed by atoms with Gasteiger partial charge in [-0.15, -0.1) is 0 Å². The molecular weight excluding hydrogens is 689 g/mol. The molecule has 0 amide bonds. The van der Waals surface area contributed by atoms with E-state index in [1.54, 1.807) is 0 Å². The lowest BCUT2D eigenvalue weighted by atomic mass is 9.81. The fraction of sp³-hybridized carbons (Fsp3) is 0. The number of rotatable bonds is 4. The second-order valence-corrected chi connectivity index (χ2v) is 14.5. The third-order valence-electron chi connectivity index (χ3n) is 11.5. The van der Waals surface area contributed by atoms with E-state index in [1.165, 1.54) is 0 Å². The first-order chi connectivity index (χ1) is 31.6. The molecule has 0 N–H and O–H groups in total. The highest BCUT2D eigenvalue weighted by Gasteiger charge is 2.23. The largest absolute Gasteiger partial charge is 0.455 e. The van der Waals surface area contributed by atoms with E-state index < -0.39 is 24.2 Å². The third-order valence-corrected chi connectivity index (χ3v) is 11.5. The van der Waals surface area contributed by atoms with Crippen molar-refractivity contribution in [2.45, 2.75) is 0 Å². The molecule has 0 saturated carbocycles. The normalized spacial score (nSPS) is 13.8. The van der Waals surface area contributed by atoms with E-state index in [-0.39, 0.29) is 45.7 Å². The summed E-state index contributed by atoms with van der Waals surface area (Å²) >= 11 is 0. The number of hydrogen-bond donors (Lipinski definition) is 0. The third kappa shape index (κ3) is 4.76. The number of benzene rings is 11. The highest BCUT2D eigenvalue weighted by molar-refractivity contribution is 6.27. The monoisotopic (exact) mass is 730 g/mol. The average Bonchev–Trinajstić information content (AvgIpc) is 3.73. The molecule has 0 aliphatic carbocycles. The van der Waals surface area contributed by atoms with Crippen LogP contribution >= 0.6 is 0 Å². The van der Waals surface area contributed by atoms with Gasteiger partial charge >= 0.3 is 0 Å². The van der Waals surface area contributed by atoms with Gasteiger partial charge < -0.3 is 4.42 Å². The van der Waals surface area contributed by atoms with Crippen LogP contribution in [0.5, 0.6) is 0 Å². The molecule has 264 valence electrons. The molecule has 0 aliphatic rings. The standard InChI is InChI=1S/C56H34O/c1-2-17-36-35(16-1)32-33-43-37(36)29-15-30-40(43)38-18-3-4-19-39(38)41-20-5-7-23-45(41)54-46-24-8-10-26-48(46)55(49-27-11-9-25-47(49)54)51-34-52-44-22-13-14-31-53(44)57-56(52)50-28-12-6-21-42(50)51/h1-34H/i8D,9D,10D,11D,24D,25D,26D,27D. The fourth-order valence-electron chi connectivity index (χ4n) is 9.08. The number of fused-ring (bicyclic) bond motifs is 10. The van der Waals surface area contributed by atoms with Gasteiger partial charge in [-0.25, -0.2) is 0 Å². The summed E-state index contributed by atoms with van der Waals surface area (Å²) in [6.45, 7) is 0. The van der Waals surface area contributed by atoms with E-state index in [9.17, 15) is 5.48 Å². The second kappa shape index (κ2) is 12.5. The summed E-state index contributed by atoms with van der Waals surface area (Å²) in [5.74, 6) is 0. The Balaban J connectivity index is 1.26. The molecule has 1 nitrogen and oxygen atoms in total. The summed E-state index contributed by atoms with van der Waals surface area (Å²) in [5.41, 5.74) is 6.53. The quantitative estimate of drug-likeness (QED) is 0.130. The lowest BCUT2D eigenvalue weighted by Gasteiger charge is -2.21. The highest BCUT2D eigenvalue weighted by Crippen LogP contribution is 2.50. The Hall–Kier alpha value is -7.48. The molecule has 1 aromatic heterocycles. The number of hydrogen-bond acceptors (Lipinski definition) is 1. The van der Waals surface area contributed by atoms with Crippen molar-refractivity contribution < 1.29 is 15.4 Å². The molecule has 0 radical (unpaired) electrons. The van der Waals surface area contributed by atoms with Gasteiger partial charge in [0.2, 0.25) is 0 Å².